The van der Waals surface area contributed by atoms with Crippen LogP contribution in [0.2, 0.25) is 0 Å². The molecule has 45 heavy (non-hydrogen) atoms. The smallest absolute Gasteiger partial charge is 0.153 e. The lowest BCUT2D eigenvalue weighted by Gasteiger charge is -2.26. The molecule has 5 nitrogen and oxygen atoms in total. The van der Waals surface area contributed by atoms with Crippen molar-refractivity contribution in [2.45, 2.75) is 6.04 Å². The minimum absolute atomic E-state index is 0.0624. The summed E-state index contributed by atoms with van der Waals surface area (Å²) in [7, 11) is 0. The number of furan rings is 2. The summed E-state index contributed by atoms with van der Waals surface area (Å²) in [4.78, 5) is 6.52. The zero-order chi connectivity index (χ0) is 29.7. The third kappa shape index (κ3) is 4.20. The van der Waals surface area contributed by atoms with Crippen molar-refractivity contribution in [1.82, 2.24) is 10.3 Å². The number of hydrogen-bond donors (Lipinski definition) is 1. The van der Waals surface area contributed by atoms with Crippen molar-refractivity contribution in [1.29, 1.82) is 0 Å². The quantitative estimate of drug-likeness (QED) is 0.219. The lowest BCUT2D eigenvalue weighted by Crippen LogP contribution is -2.20. The van der Waals surface area contributed by atoms with Crippen LogP contribution in [-0.2, 0) is 0 Å². The molecule has 0 saturated heterocycles. The van der Waals surface area contributed by atoms with Gasteiger partial charge in [0.25, 0.3) is 0 Å². The van der Waals surface area contributed by atoms with E-state index >= 15 is 0 Å². The Balaban J connectivity index is 1.08. The summed E-state index contributed by atoms with van der Waals surface area (Å²) >= 11 is 0. The molecule has 5 aromatic carbocycles. The second-order valence-electron chi connectivity index (χ2n) is 11.3. The van der Waals surface area contributed by atoms with Gasteiger partial charge in [0, 0.05) is 50.5 Å². The SMILES string of the molecule is C1=Cc2c(oc3ccccc23)C(c2ccc(N(c3ccccc3)c3ccc(-c4cccc5c4oc4cnccc45)cc3)cc2)N1. The molecule has 1 atom stereocenters. The average molecular weight is 582 g/mol. The first-order chi connectivity index (χ1) is 22.3. The molecule has 3 aromatic heterocycles. The summed E-state index contributed by atoms with van der Waals surface area (Å²) in [6.45, 7) is 0. The van der Waals surface area contributed by atoms with Gasteiger partial charge in [0.1, 0.15) is 23.0 Å². The second kappa shape index (κ2) is 10.3. The molecule has 0 saturated carbocycles. The van der Waals surface area contributed by atoms with Gasteiger partial charge >= 0.3 is 0 Å². The monoisotopic (exact) mass is 581 g/mol. The minimum Gasteiger partial charge on any atom is -0.458 e. The van der Waals surface area contributed by atoms with Crippen LogP contribution < -0.4 is 10.2 Å². The van der Waals surface area contributed by atoms with Gasteiger partial charge in [-0.3, -0.25) is 4.98 Å². The maximum absolute atomic E-state index is 6.33. The molecule has 8 aromatic rings. The zero-order valence-corrected chi connectivity index (χ0v) is 24.2. The molecule has 1 aliphatic rings. The number of pyridine rings is 1. The summed E-state index contributed by atoms with van der Waals surface area (Å²) in [6.07, 6.45) is 7.70. The summed E-state index contributed by atoms with van der Waals surface area (Å²) < 4.78 is 12.6. The first-order valence-electron chi connectivity index (χ1n) is 15.1. The largest absolute Gasteiger partial charge is 0.458 e. The van der Waals surface area contributed by atoms with Crippen molar-refractivity contribution in [3.05, 3.63) is 163 Å². The minimum atomic E-state index is -0.0624. The van der Waals surface area contributed by atoms with Crippen molar-refractivity contribution in [2.75, 3.05) is 4.90 Å². The second-order valence-corrected chi connectivity index (χ2v) is 11.3. The Morgan fingerprint density at radius 2 is 1.33 bits per heavy atom. The lowest BCUT2D eigenvalue weighted by molar-refractivity contribution is 0.495. The van der Waals surface area contributed by atoms with Crippen molar-refractivity contribution >= 4 is 56.0 Å². The van der Waals surface area contributed by atoms with Crippen LogP contribution in [0.4, 0.5) is 17.1 Å². The topological polar surface area (TPSA) is 54.4 Å². The number of anilines is 3. The fraction of sp³-hybridized carbons (Fsp3) is 0.0250. The van der Waals surface area contributed by atoms with Gasteiger partial charge in [0.15, 0.2) is 5.58 Å². The van der Waals surface area contributed by atoms with Crippen LogP contribution in [0.15, 0.2) is 155 Å². The number of aromatic nitrogens is 1. The van der Waals surface area contributed by atoms with E-state index in [1.165, 1.54) is 0 Å². The summed E-state index contributed by atoms with van der Waals surface area (Å²) in [5.41, 5.74) is 10.2. The van der Waals surface area contributed by atoms with E-state index < -0.39 is 0 Å². The summed E-state index contributed by atoms with van der Waals surface area (Å²) in [5.74, 6) is 0.942. The normalized spacial score (nSPS) is 14.1. The predicted octanol–water partition coefficient (Wildman–Crippen LogP) is 10.5. The Morgan fingerprint density at radius 1 is 0.600 bits per heavy atom. The van der Waals surface area contributed by atoms with Crippen molar-refractivity contribution < 1.29 is 8.83 Å². The number of hydrogen-bond acceptors (Lipinski definition) is 5. The summed E-state index contributed by atoms with van der Waals surface area (Å²) in [5, 5.41) is 6.82. The standard InChI is InChI=1S/C40H27N3O2/c1-2-7-28(8-3-1)43(29-17-13-26(14-18-29)31-10-6-11-34-33-21-23-41-25-37(33)45-39(31)34)30-19-15-27(16-20-30)38-40-35(22-24-42-38)32-9-4-5-12-36(32)44-40/h1-25,38,42H. The third-order valence-corrected chi connectivity index (χ3v) is 8.67. The van der Waals surface area contributed by atoms with Gasteiger partial charge in [0.2, 0.25) is 0 Å². The van der Waals surface area contributed by atoms with Crippen molar-refractivity contribution in [3.8, 4) is 11.1 Å². The van der Waals surface area contributed by atoms with E-state index in [9.17, 15) is 0 Å². The molecular weight excluding hydrogens is 554 g/mol. The van der Waals surface area contributed by atoms with Crippen LogP contribution in [-0.4, -0.2) is 4.98 Å². The number of nitrogens with zero attached hydrogens (tertiary/aromatic N) is 2. The molecule has 9 rings (SSSR count). The molecule has 1 N–H and O–H groups in total. The van der Waals surface area contributed by atoms with Gasteiger partial charge in [-0.2, -0.15) is 0 Å². The maximum atomic E-state index is 6.33. The van der Waals surface area contributed by atoms with E-state index in [1.807, 2.05) is 36.7 Å². The number of rotatable bonds is 5. The van der Waals surface area contributed by atoms with E-state index in [-0.39, 0.29) is 6.04 Å². The van der Waals surface area contributed by atoms with Crippen LogP contribution in [0.5, 0.6) is 0 Å². The molecule has 214 valence electrons. The molecule has 1 unspecified atom stereocenters. The summed E-state index contributed by atoms with van der Waals surface area (Å²) in [6, 6.07) is 44.4. The van der Waals surface area contributed by atoms with Crippen molar-refractivity contribution in [2.24, 2.45) is 0 Å². The lowest BCUT2D eigenvalue weighted by atomic mass is 9.97. The van der Waals surface area contributed by atoms with E-state index in [1.54, 1.807) is 6.20 Å². The highest BCUT2D eigenvalue weighted by Gasteiger charge is 2.25. The van der Waals surface area contributed by atoms with Crippen LogP contribution in [0.1, 0.15) is 22.9 Å². The van der Waals surface area contributed by atoms with Gasteiger partial charge in [-0.15, -0.1) is 0 Å². The van der Waals surface area contributed by atoms with Crippen LogP contribution >= 0.6 is 0 Å². The fourth-order valence-electron chi connectivity index (χ4n) is 6.53. The van der Waals surface area contributed by atoms with E-state index in [2.05, 4.69) is 124 Å². The number of fused-ring (bicyclic) bond motifs is 6. The van der Waals surface area contributed by atoms with Crippen molar-refractivity contribution in [3.63, 3.8) is 0 Å². The Labute approximate surface area is 259 Å². The molecule has 0 bridgehead atoms. The van der Waals surface area contributed by atoms with E-state index in [0.29, 0.717) is 0 Å². The number of nitrogens with one attached hydrogen (secondary N) is 1. The molecule has 0 aliphatic carbocycles. The van der Waals surface area contributed by atoms with Gasteiger partial charge in [-0.05, 0) is 71.9 Å². The highest BCUT2D eigenvalue weighted by atomic mass is 16.3. The third-order valence-electron chi connectivity index (χ3n) is 8.67. The zero-order valence-electron chi connectivity index (χ0n) is 24.2. The molecular formula is C40H27N3O2. The van der Waals surface area contributed by atoms with Gasteiger partial charge in [-0.1, -0.05) is 78.9 Å². The van der Waals surface area contributed by atoms with E-state index in [0.717, 1.165) is 78.0 Å². The van der Waals surface area contributed by atoms with Gasteiger partial charge in [0.05, 0.1) is 6.20 Å². The Hall–Kier alpha value is -6.07. The predicted molar refractivity (Wildman–Crippen MR) is 182 cm³/mol. The molecule has 0 spiro atoms. The molecule has 0 radical (unpaired) electrons. The molecule has 1 aliphatic heterocycles. The number of para-hydroxylation sites is 3. The fourth-order valence-corrected chi connectivity index (χ4v) is 6.53. The van der Waals surface area contributed by atoms with Crippen LogP contribution in [0.3, 0.4) is 0 Å². The maximum Gasteiger partial charge on any atom is 0.153 e. The highest BCUT2D eigenvalue weighted by molar-refractivity contribution is 6.09. The Bertz CT molecular complexity index is 2350. The van der Waals surface area contributed by atoms with Crippen LogP contribution in [0.25, 0.3) is 50.1 Å². The van der Waals surface area contributed by atoms with Gasteiger partial charge in [-0.25, -0.2) is 0 Å². The first kappa shape index (κ1) is 25.4. The molecule has 5 heteroatoms. The van der Waals surface area contributed by atoms with E-state index in [4.69, 9.17) is 8.83 Å². The first-order valence-corrected chi connectivity index (χ1v) is 15.1. The van der Waals surface area contributed by atoms with Crippen LogP contribution in [0, 0.1) is 0 Å². The highest BCUT2D eigenvalue weighted by Crippen LogP contribution is 2.40. The van der Waals surface area contributed by atoms with Gasteiger partial charge < -0.3 is 19.1 Å². The molecule has 4 heterocycles. The average Bonchev–Trinajstić information content (AvgIpc) is 3.68. The number of benzene rings is 5. The Kier molecular flexibility index (Phi) is 5.81. The molecule has 0 amide bonds. The molecule has 0 fully saturated rings. The Morgan fingerprint density at radius 3 is 2.18 bits per heavy atom.